The van der Waals surface area contributed by atoms with Crippen LogP contribution in [0.25, 0.3) is 0 Å². The zero-order chi connectivity index (χ0) is 11.4. The van der Waals surface area contributed by atoms with E-state index in [2.05, 4.69) is 6.92 Å². The molecule has 0 spiro atoms. The molecule has 2 nitrogen and oxygen atoms in total. The highest BCUT2D eigenvalue weighted by Crippen LogP contribution is 2.26. The van der Waals surface area contributed by atoms with Gasteiger partial charge in [0.15, 0.2) is 0 Å². The zero-order valence-electron chi connectivity index (χ0n) is 10.2. The highest BCUT2D eigenvalue weighted by atomic mass is 32.1. The van der Waals surface area contributed by atoms with Crippen LogP contribution >= 0.6 is 11.3 Å². The molecule has 0 aromatic carbocycles. The number of thiazole rings is 1. The Balaban J connectivity index is 2.08. The fourth-order valence-electron chi connectivity index (χ4n) is 2.21. The molecule has 2 N–H and O–H groups in total. The summed E-state index contributed by atoms with van der Waals surface area (Å²) in [5, 5.41) is 1.27. The molecule has 0 radical (unpaired) electrons. The van der Waals surface area contributed by atoms with Crippen molar-refractivity contribution >= 4 is 11.3 Å². The third-order valence-corrected chi connectivity index (χ3v) is 4.53. The highest BCUT2D eigenvalue weighted by Gasteiger charge is 2.14. The predicted molar refractivity (Wildman–Crippen MR) is 70.0 cm³/mol. The van der Waals surface area contributed by atoms with Crippen LogP contribution in [0.3, 0.4) is 0 Å². The topological polar surface area (TPSA) is 38.9 Å². The van der Waals surface area contributed by atoms with E-state index in [9.17, 15) is 0 Å². The molecule has 2 rings (SSSR count). The molecule has 1 aliphatic rings. The Labute approximate surface area is 102 Å². The second kappa shape index (κ2) is 5.78. The minimum absolute atomic E-state index is 0.289. The first-order valence-electron chi connectivity index (χ1n) is 6.52. The summed E-state index contributed by atoms with van der Waals surface area (Å²) in [5.74, 6) is 0. The number of aromatic nitrogens is 1. The molecular weight excluding hydrogens is 216 g/mol. The standard InChI is InChI=1S/C13H22N2S/c1-2-10(14)9-13-15-11-7-5-3-4-6-8-12(11)16-13/h10H,2-9,14H2,1H3. The van der Waals surface area contributed by atoms with E-state index in [-0.39, 0.29) is 6.04 Å². The zero-order valence-corrected chi connectivity index (χ0v) is 11.0. The van der Waals surface area contributed by atoms with Crippen molar-refractivity contribution in [1.82, 2.24) is 4.98 Å². The summed E-state index contributed by atoms with van der Waals surface area (Å²) in [4.78, 5) is 6.32. The normalized spacial score (nSPS) is 18.6. The van der Waals surface area contributed by atoms with Gasteiger partial charge < -0.3 is 5.73 Å². The van der Waals surface area contributed by atoms with Crippen LogP contribution in [0.1, 0.15) is 54.6 Å². The molecule has 0 amide bonds. The van der Waals surface area contributed by atoms with Crippen LogP contribution in [0.5, 0.6) is 0 Å². The van der Waals surface area contributed by atoms with Gasteiger partial charge in [-0.1, -0.05) is 19.8 Å². The lowest BCUT2D eigenvalue weighted by Gasteiger charge is -2.06. The number of aryl methyl sites for hydroxylation is 2. The van der Waals surface area contributed by atoms with Crippen LogP contribution in [0.15, 0.2) is 0 Å². The van der Waals surface area contributed by atoms with E-state index in [1.54, 1.807) is 0 Å². The van der Waals surface area contributed by atoms with E-state index in [0.29, 0.717) is 0 Å². The Morgan fingerprint density at radius 3 is 2.75 bits per heavy atom. The first kappa shape index (κ1) is 12.1. The van der Waals surface area contributed by atoms with Crippen LogP contribution in [0.4, 0.5) is 0 Å². The van der Waals surface area contributed by atoms with Gasteiger partial charge in [0.2, 0.25) is 0 Å². The van der Waals surface area contributed by atoms with E-state index in [1.807, 2.05) is 11.3 Å². The van der Waals surface area contributed by atoms with Crippen molar-refractivity contribution < 1.29 is 0 Å². The quantitative estimate of drug-likeness (QED) is 0.879. The summed E-state index contributed by atoms with van der Waals surface area (Å²) in [6, 6.07) is 0.289. The Hall–Kier alpha value is -0.410. The van der Waals surface area contributed by atoms with Crippen LogP contribution in [-0.4, -0.2) is 11.0 Å². The van der Waals surface area contributed by atoms with Crippen molar-refractivity contribution in [2.45, 2.75) is 64.3 Å². The van der Waals surface area contributed by atoms with Crippen molar-refractivity contribution in [1.29, 1.82) is 0 Å². The summed E-state index contributed by atoms with van der Waals surface area (Å²) >= 11 is 1.91. The van der Waals surface area contributed by atoms with E-state index >= 15 is 0 Å². The smallest absolute Gasteiger partial charge is 0.0946 e. The molecule has 1 unspecified atom stereocenters. The summed E-state index contributed by atoms with van der Waals surface area (Å²) in [7, 11) is 0. The molecule has 0 saturated heterocycles. The summed E-state index contributed by atoms with van der Waals surface area (Å²) in [6.07, 6.45) is 9.87. The predicted octanol–water partition coefficient (Wildman–Crippen LogP) is 3.08. The maximum absolute atomic E-state index is 5.99. The fraction of sp³-hybridized carbons (Fsp3) is 0.769. The maximum atomic E-state index is 5.99. The highest BCUT2D eigenvalue weighted by molar-refractivity contribution is 7.11. The summed E-state index contributed by atoms with van der Waals surface area (Å²) < 4.78 is 0. The molecule has 16 heavy (non-hydrogen) atoms. The molecule has 1 aromatic heterocycles. The number of hydrogen-bond acceptors (Lipinski definition) is 3. The van der Waals surface area contributed by atoms with E-state index in [1.165, 1.54) is 54.1 Å². The van der Waals surface area contributed by atoms with E-state index < -0.39 is 0 Å². The summed E-state index contributed by atoms with van der Waals surface area (Å²) in [6.45, 7) is 2.15. The largest absolute Gasteiger partial charge is 0.327 e. The maximum Gasteiger partial charge on any atom is 0.0946 e. The van der Waals surface area contributed by atoms with Gasteiger partial charge in [0, 0.05) is 17.3 Å². The summed E-state index contributed by atoms with van der Waals surface area (Å²) in [5.41, 5.74) is 7.37. The van der Waals surface area contributed by atoms with Crippen molar-refractivity contribution in [3.8, 4) is 0 Å². The second-order valence-corrected chi connectivity index (χ2v) is 5.93. The Morgan fingerprint density at radius 1 is 1.25 bits per heavy atom. The molecule has 1 aliphatic carbocycles. The van der Waals surface area contributed by atoms with Gasteiger partial charge in [0.1, 0.15) is 0 Å². The number of nitrogens with two attached hydrogens (primary N) is 1. The number of hydrogen-bond donors (Lipinski definition) is 1. The lowest BCUT2D eigenvalue weighted by Crippen LogP contribution is -2.21. The Kier molecular flexibility index (Phi) is 4.36. The molecule has 0 saturated carbocycles. The fourth-order valence-corrected chi connectivity index (χ4v) is 3.46. The number of nitrogens with zero attached hydrogens (tertiary/aromatic N) is 1. The van der Waals surface area contributed by atoms with Gasteiger partial charge >= 0.3 is 0 Å². The van der Waals surface area contributed by atoms with Gasteiger partial charge in [-0.3, -0.25) is 0 Å². The second-order valence-electron chi connectivity index (χ2n) is 4.76. The molecule has 1 atom stereocenters. The molecular formula is C13H22N2S. The van der Waals surface area contributed by atoms with Crippen LogP contribution < -0.4 is 5.73 Å². The third-order valence-electron chi connectivity index (χ3n) is 3.35. The minimum atomic E-state index is 0.289. The van der Waals surface area contributed by atoms with Crippen molar-refractivity contribution in [2.24, 2.45) is 5.73 Å². The first-order valence-corrected chi connectivity index (χ1v) is 7.34. The Bertz CT molecular complexity index is 307. The van der Waals surface area contributed by atoms with Gasteiger partial charge in [0.05, 0.1) is 10.7 Å². The van der Waals surface area contributed by atoms with Crippen LogP contribution in [0.2, 0.25) is 0 Å². The molecule has 0 bridgehead atoms. The third kappa shape index (κ3) is 3.05. The molecule has 0 fully saturated rings. The SMILES string of the molecule is CCC(N)Cc1nc2c(s1)CCCCCC2. The minimum Gasteiger partial charge on any atom is -0.327 e. The monoisotopic (exact) mass is 238 g/mol. The lowest BCUT2D eigenvalue weighted by atomic mass is 10.0. The average molecular weight is 238 g/mol. The molecule has 1 aromatic rings. The van der Waals surface area contributed by atoms with Crippen LogP contribution in [-0.2, 0) is 19.3 Å². The van der Waals surface area contributed by atoms with E-state index in [0.717, 1.165) is 12.8 Å². The molecule has 1 heterocycles. The van der Waals surface area contributed by atoms with E-state index in [4.69, 9.17) is 10.7 Å². The lowest BCUT2D eigenvalue weighted by molar-refractivity contribution is 0.612. The average Bonchev–Trinajstić information content (AvgIpc) is 2.60. The Morgan fingerprint density at radius 2 is 2.00 bits per heavy atom. The van der Waals surface area contributed by atoms with Gasteiger partial charge in [-0.05, 0) is 32.1 Å². The van der Waals surface area contributed by atoms with Crippen molar-refractivity contribution in [2.75, 3.05) is 0 Å². The van der Waals surface area contributed by atoms with Gasteiger partial charge in [-0.15, -0.1) is 11.3 Å². The van der Waals surface area contributed by atoms with Crippen molar-refractivity contribution in [3.05, 3.63) is 15.6 Å². The molecule has 90 valence electrons. The molecule has 3 heteroatoms. The van der Waals surface area contributed by atoms with Gasteiger partial charge in [0.25, 0.3) is 0 Å². The van der Waals surface area contributed by atoms with Gasteiger partial charge in [-0.2, -0.15) is 0 Å². The van der Waals surface area contributed by atoms with Crippen LogP contribution in [0, 0.1) is 0 Å². The number of rotatable bonds is 3. The number of fused-ring (bicyclic) bond motifs is 1. The van der Waals surface area contributed by atoms with Gasteiger partial charge in [-0.25, -0.2) is 4.98 Å². The first-order chi connectivity index (χ1) is 7.79. The molecule has 0 aliphatic heterocycles. The van der Waals surface area contributed by atoms with Crippen molar-refractivity contribution in [3.63, 3.8) is 0 Å².